The number of nitrogens with one attached hydrogen (secondary N) is 1. The van der Waals surface area contributed by atoms with Crippen LogP contribution in [-0.2, 0) is 26.0 Å². The van der Waals surface area contributed by atoms with Crippen molar-refractivity contribution in [3.63, 3.8) is 0 Å². The molecule has 2 aromatic rings. The number of benzene rings is 2. The summed E-state index contributed by atoms with van der Waals surface area (Å²) in [7, 11) is -3.74. The molecule has 2 aromatic carbocycles. The van der Waals surface area contributed by atoms with Gasteiger partial charge in [0.25, 0.3) is 10.0 Å². The molecule has 1 saturated heterocycles. The molecular formula is C22H28N2O5S. The molecule has 162 valence electrons. The molecule has 8 heteroatoms. The van der Waals surface area contributed by atoms with E-state index in [0.717, 1.165) is 16.7 Å². The van der Waals surface area contributed by atoms with Crippen molar-refractivity contribution >= 4 is 21.6 Å². The second-order valence-corrected chi connectivity index (χ2v) is 8.97. The molecule has 1 aliphatic rings. The lowest BCUT2D eigenvalue weighted by Crippen LogP contribution is -2.41. The first-order chi connectivity index (χ1) is 14.3. The van der Waals surface area contributed by atoms with Crippen molar-refractivity contribution in [3.8, 4) is 5.75 Å². The number of hydrogen-bond acceptors (Lipinski definition) is 5. The summed E-state index contributed by atoms with van der Waals surface area (Å²) in [5.74, 6) is 0.762. The van der Waals surface area contributed by atoms with E-state index >= 15 is 0 Å². The number of amides is 1. The number of carbonyl (C=O) groups excluding carboxylic acids is 1. The van der Waals surface area contributed by atoms with Gasteiger partial charge in [0.15, 0.2) is 0 Å². The zero-order valence-electron chi connectivity index (χ0n) is 17.6. The molecule has 1 fully saturated rings. The Bertz CT molecular complexity index is 974. The second-order valence-electron chi connectivity index (χ2n) is 7.29. The van der Waals surface area contributed by atoms with Gasteiger partial charge in [0.2, 0.25) is 5.91 Å². The van der Waals surface area contributed by atoms with Crippen LogP contribution in [0.5, 0.6) is 5.75 Å². The lowest BCUT2D eigenvalue weighted by molar-refractivity contribution is -0.134. The maximum absolute atomic E-state index is 12.8. The number of rotatable bonds is 7. The van der Waals surface area contributed by atoms with Crippen LogP contribution in [0.2, 0.25) is 0 Å². The van der Waals surface area contributed by atoms with Crippen LogP contribution in [-0.4, -0.2) is 52.1 Å². The molecule has 0 aromatic heterocycles. The number of morpholine rings is 1. The van der Waals surface area contributed by atoms with Crippen molar-refractivity contribution in [2.75, 3.05) is 37.6 Å². The Kier molecular flexibility index (Phi) is 6.99. The van der Waals surface area contributed by atoms with E-state index in [2.05, 4.69) is 4.72 Å². The van der Waals surface area contributed by atoms with Crippen LogP contribution in [0.15, 0.2) is 41.3 Å². The number of anilines is 1. The molecular weight excluding hydrogens is 404 g/mol. The van der Waals surface area contributed by atoms with Gasteiger partial charge in [0.05, 0.1) is 31.1 Å². The maximum atomic E-state index is 12.8. The van der Waals surface area contributed by atoms with E-state index in [-0.39, 0.29) is 17.2 Å². The molecule has 0 aliphatic carbocycles. The minimum Gasteiger partial charge on any atom is -0.493 e. The van der Waals surface area contributed by atoms with Gasteiger partial charge in [-0.3, -0.25) is 9.52 Å². The third-order valence-electron chi connectivity index (χ3n) is 4.96. The molecule has 0 bridgehead atoms. The SMILES string of the molecule is CCOc1c(C)cc(S(=O)(=O)Nc2ccc(CC(=O)N3CCOCC3)cc2)cc1C. The lowest BCUT2D eigenvalue weighted by Gasteiger charge is -2.26. The summed E-state index contributed by atoms with van der Waals surface area (Å²) in [5, 5.41) is 0. The molecule has 7 nitrogen and oxygen atoms in total. The summed E-state index contributed by atoms with van der Waals surface area (Å²) >= 11 is 0. The molecule has 30 heavy (non-hydrogen) atoms. The average molecular weight is 433 g/mol. The summed E-state index contributed by atoms with van der Waals surface area (Å²) in [4.78, 5) is 14.3. The Morgan fingerprint density at radius 2 is 1.70 bits per heavy atom. The normalized spacial score (nSPS) is 14.4. The zero-order valence-corrected chi connectivity index (χ0v) is 18.4. The lowest BCUT2D eigenvalue weighted by atomic mass is 10.1. The summed E-state index contributed by atoms with van der Waals surface area (Å²) in [6, 6.07) is 10.1. The van der Waals surface area contributed by atoms with Gasteiger partial charge in [-0.1, -0.05) is 12.1 Å². The van der Waals surface area contributed by atoms with Crippen molar-refractivity contribution in [1.82, 2.24) is 4.90 Å². The van der Waals surface area contributed by atoms with Gasteiger partial charge in [-0.05, 0) is 61.7 Å². The van der Waals surface area contributed by atoms with Gasteiger partial charge in [0.1, 0.15) is 5.75 Å². The van der Waals surface area contributed by atoms with Gasteiger partial charge in [-0.25, -0.2) is 8.42 Å². The Morgan fingerprint density at radius 1 is 1.10 bits per heavy atom. The van der Waals surface area contributed by atoms with Gasteiger partial charge >= 0.3 is 0 Å². The molecule has 1 heterocycles. The maximum Gasteiger partial charge on any atom is 0.261 e. The van der Waals surface area contributed by atoms with Crippen molar-refractivity contribution in [2.24, 2.45) is 0 Å². The molecule has 1 amide bonds. The van der Waals surface area contributed by atoms with E-state index in [0.29, 0.717) is 44.3 Å². The summed E-state index contributed by atoms with van der Waals surface area (Å²) < 4.78 is 39.1. The molecule has 0 atom stereocenters. The highest BCUT2D eigenvalue weighted by Gasteiger charge is 2.19. The summed E-state index contributed by atoms with van der Waals surface area (Å²) in [6.45, 7) is 8.42. The highest BCUT2D eigenvalue weighted by atomic mass is 32.2. The molecule has 0 radical (unpaired) electrons. The largest absolute Gasteiger partial charge is 0.493 e. The van der Waals surface area contributed by atoms with Crippen LogP contribution >= 0.6 is 0 Å². The first-order valence-corrected chi connectivity index (χ1v) is 11.5. The van der Waals surface area contributed by atoms with E-state index in [9.17, 15) is 13.2 Å². The Labute approximate surface area is 178 Å². The second kappa shape index (κ2) is 9.49. The third kappa shape index (κ3) is 5.31. The highest BCUT2D eigenvalue weighted by molar-refractivity contribution is 7.92. The van der Waals surface area contributed by atoms with Crippen molar-refractivity contribution < 1.29 is 22.7 Å². The zero-order chi connectivity index (χ0) is 21.7. The summed E-state index contributed by atoms with van der Waals surface area (Å²) in [6.07, 6.45) is 0.282. The Morgan fingerprint density at radius 3 is 2.27 bits per heavy atom. The predicted octanol–water partition coefficient (Wildman–Crippen LogP) is 2.90. The van der Waals surface area contributed by atoms with Gasteiger partial charge in [0, 0.05) is 18.8 Å². The minimum atomic E-state index is -3.74. The number of nitrogens with zero attached hydrogens (tertiary/aromatic N) is 1. The van der Waals surface area contributed by atoms with Crippen molar-refractivity contribution in [1.29, 1.82) is 0 Å². The van der Waals surface area contributed by atoms with Crippen molar-refractivity contribution in [2.45, 2.75) is 32.1 Å². The van der Waals surface area contributed by atoms with Crippen LogP contribution < -0.4 is 9.46 Å². The number of aryl methyl sites for hydroxylation is 2. The van der Waals surface area contributed by atoms with Crippen LogP contribution in [0, 0.1) is 13.8 Å². The number of carbonyl (C=O) groups is 1. The average Bonchev–Trinajstić information content (AvgIpc) is 2.72. The summed E-state index contributed by atoms with van der Waals surface area (Å²) in [5.41, 5.74) is 2.83. The fraction of sp³-hybridized carbons (Fsp3) is 0.409. The molecule has 0 spiro atoms. The van der Waals surface area contributed by atoms with Gasteiger partial charge < -0.3 is 14.4 Å². The third-order valence-corrected chi connectivity index (χ3v) is 6.32. The highest BCUT2D eigenvalue weighted by Crippen LogP contribution is 2.28. The molecule has 3 rings (SSSR count). The molecule has 1 N–H and O–H groups in total. The van der Waals surface area contributed by atoms with E-state index in [1.165, 1.54) is 0 Å². The molecule has 0 unspecified atom stereocenters. The van der Waals surface area contributed by atoms with Crippen LogP contribution in [0.3, 0.4) is 0 Å². The van der Waals surface area contributed by atoms with Gasteiger partial charge in [-0.15, -0.1) is 0 Å². The van der Waals surface area contributed by atoms with Gasteiger partial charge in [-0.2, -0.15) is 0 Å². The van der Waals surface area contributed by atoms with E-state index < -0.39 is 10.0 Å². The van der Waals surface area contributed by atoms with Crippen LogP contribution in [0.1, 0.15) is 23.6 Å². The van der Waals surface area contributed by atoms with Crippen LogP contribution in [0.25, 0.3) is 0 Å². The van der Waals surface area contributed by atoms with E-state index in [1.807, 2.05) is 20.8 Å². The predicted molar refractivity (Wildman–Crippen MR) is 115 cm³/mol. The van der Waals surface area contributed by atoms with Crippen molar-refractivity contribution in [3.05, 3.63) is 53.1 Å². The Hall–Kier alpha value is -2.58. The molecule has 0 saturated carbocycles. The fourth-order valence-corrected chi connectivity index (χ4v) is 4.67. The number of hydrogen-bond donors (Lipinski definition) is 1. The first-order valence-electron chi connectivity index (χ1n) is 10.0. The number of sulfonamides is 1. The smallest absolute Gasteiger partial charge is 0.261 e. The van der Waals surface area contributed by atoms with E-state index in [4.69, 9.17) is 9.47 Å². The number of ether oxygens (including phenoxy) is 2. The van der Waals surface area contributed by atoms with Crippen LogP contribution in [0.4, 0.5) is 5.69 Å². The fourth-order valence-electron chi connectivity index (χ4n) is 3.44. The topological polar surface area (TPSA) is 84.9 Å². The first kappa shape index (κ1) is 22.1. The van der Waals surface area contributed by atoms with E-state index in [1.54, 1.807) is 41.3 Å². The standard InChI is InChI=1S/C22H28N2O5S/c1-4-29-22-16(2)13-20(14-17(22)3)30(26,27)23-19-7-5-18(6-8-19)15-21(25)24-9-11-28-12-10-24/h5-8,13-14,23H,4,9-12,15H2,1-3H3. The monoisotopic (exact) mass is 432 g/mol. The quantitative estimate of drug-likeness (QED) is 0.727. The minimum absolute atomic E-state index is 0.0481. The Balaban J connectivity index is 1.69. The molecule has 1 aliphatic heterocycles.